The van der Waals surface area contributed by atoms with Gasteiger partial charge in [0, 0.05) is 53.4 Å². The molecule has 4 heterocycles. The number of nitrogens with zero attached hydrogens (tertiary/aromatic N) is 2. The first-order chi connectivity index (χ1) is 22.3. The zero-order valence-corrected chi connectivity index (χ0v) is 27.4. The highest BCUT2D eigenvalue weighted by Crippen LogP contribution is 2.48. The Morgan fingerprint density at radius 3 is 1.26 bits per heavy atom. The summed E-state index contributed by atoms with van der Waals surface area (Å²) in [5, 5.41) is 4.68. The molecular formula is C40H28N2O2S2. The molecule has 6 heteroatoms. The number of carbonyl (C=O) groups excluding carboxylic acids is 2. The van der Waals surface area contributed by atoms with E-state index in [1.54, 1.807) is 36.5 Å². The fraction of sp³-hybridized carbons (Fsp3) is 0.100. The molecule has 9 rings (SSSR count). The molecule has 0 unspecified atom stereocenters. The largest absolute Gasteiger partial charge is 0.308 e. The maximum atomic E-state index is 12.3. The molecule has 9 aromatic rings. The summed E-state index contributed by atoms with van der Waals surface area (Å²) in [5.41, 5.74) is 10.8. The molecule has 0 aliphatic rings. The van der Waals surface area contributed by atoms with Gasteiger partial charge in [0.1, 0.15) is 0 Å². The van der Waals surface area contributed by atoms with Crippen molar-refractivity contribution in [1.82, 2.24) is 9.13 Å². The van der Waals surface area contributed by atoms with Gasteiger partial charge in [-0.15, -0.1) is 22.7 Å². The van der Waals surface area contributed by atoms with Crippen molar-refractivity contribution in [3.63, 3.8) is 0 Å². The second-order valence-electron chi connectivity index (χ2n) is 12.3. The molecule has 4 aromatic heterocycles. The first kappa shape index (κ1) is 27.3. The van der Waals surface area contributed by atoms with Crippen LogP contribution in [0.1, 0.15) is 45.7 Å². The number of ketones is 2. The van der Waals surface area contributed by atoms with Crippen molar-refractivity contribution in [3.05, 3.63) is 119 Å². The Morgan fingerprint density at radius 1 is 0.500 bits per heavy atom. The molecule has 0 bridgehead atoms. The number of Topliss-reactive ketones (excluding diaryl/α,β-unsaturated/α-hetero) is 2. The lowest BCUT2D eigenvalue weighted by atomic mass is 10.1. The number of benzene rings is 5. The molecule has 0 fully saturated rings. The Morgan fingerprint density at radius 2 is 0.891 bits per heavy atom. The van der Waals surface area contributed by atoms with Crippen LogP contribution in [0.4, 0.5) is 0 Å². The number of hydrogen-bond donors (Lipinski definition) is 0. The summed E-state index contributed by atoms with van der Waals surface area (Å²) in [4.78, 5) is 24.6. The molecule has 0 saturated heterocycles. The summed E-state index contributed by atoms with van der Waals surface area (Å²) in [7, 11) is 0. The molecule has 0 aliphatic heterocycles. The first-order valence-electron chi connectivity index (χ1n) is 15.3. The second kappa shape index (κ2) is 9.73. The minimum absolute atomic E-state index is 0.0756. The maximum Gasteiger partial charge on any atom is 0.159 e. The predicted octanol–water partition coefficient (Wildman–Crippen LogP) is 11.3. The minimum atomic E-state index is 0.0756. The van der Waals surface area contributed by atoms with Crippen LogP contribution in [0, 0.1) is 13.8 Å². The van der Waals surface area contributed by atoms with E-state index in [2.05, 4.69) is 95.8 Å². The topological polar surface area (TPSA) is 44.0 Å². The zero-order chi connectivity index (χ0) is 31.4. The van der Waals surface area contributed by atoms with E-state index < -0.39 is 0 Å². The quantitative estimate of drug-likeness (QED) is 0.181. The lowest BCUT2D eigenvalue weighted by Crippen LogP contribution is -1.96. The number of rotatable bonds is 4. The third-order valence-corrected chi connectivity index (χ3v) is 11.6. The summed E-state index contributed by atoms with van der Waals surface area (Å²) in [6, 6.07) is 34.4. The van der Waals surface area contributed by atoms with Gasteiger partial charge in [0.15, 0.2) is 11.6 Å². The number of hydrogen-bond acceptors (Lipinski definition) is 4. The Hall–Kier alpha value is -5.04. The van der Waals surface area contributed by atoms with Crippen LogP contribution in [-0.4, -0.2) is 20.7 Å². The van der Waals surface area contributed by atoms with Crippen molar-refractivity contribution >= 4 is 96.7 Å². The van der Waals surface area contributed by atoms with Crippen molar-refractivity contribution in [3.8, 4) is 11.4 Å². The zero-order valence-electron chi connectivity index (χ0n) is 25.8. The standard InChI is InChI=1S/C40H28N2O2S2/c1-21-5-11-27(12-6-21)41-33-19-32-34(20-31(33)39-37(41)29-15-9-25(23(3)43)17-35(29)45-39)42(28-13-7-22(2)8-14-28)38-30-16-10-26(24(4)44)18-36(30)46-40(32)38/h5-20H,1-4H3. The molecule has 0 aliphatic carbocycles. The Kier molecular flexibility index (Phi) is 5.77. The first-order valence-corrected chi connectivity index (χ1v) is 17.0. The third kappa shape index (κ3) is 3.84. The molecule has 0 radical (unpaired) electrons. The Bertz CT molecular complexity index is 2560. The SMILES string of the molecule is CC(=O)c1ccc2c(c1)sc1c3cc4c(cc3n(-c3ccc(C)cc3)c21)c1sc2cc(C(C)=O)ccc2c1n4-c1ccc(C)cc1. The molecule has 0 N–H and O–H groups in total. The van der Waals surface area contributed by atoms with Gasteiger partial charge in [-0.25, -0.2) is 0 Å². The lowest BCUT2D eigenvalue weighted by molar-refractivity contribution is 0.100. The van der Waals surface area contributed by atoms with Crippen molar-refractivity contribution in [1.29, 1.82) is 0 Å². The smallest absolute Gasteiger partial charge is 0.159 e. The molecule has 0 atom stereocenters. The lowest BCUT2D eigenvalue weighted by Gasteiger charge is -2.11. The number of carbonyl (C=O) groups is 2. The highest BCUT2D eigenvalue weighted by Gasteiger charge is 2.24. The highest BCUT2D eigenvalue weighted by atomic mass is 32.1. The normalized spacial score (nSPS) is 12.1. The Labute approximate surface area is 272 Å². The molecule has 222 valence electrons. The molecular weight excluding hydrogens is 605 g/mol. The van der Waals surface area contributed by atoms with Crippen LogP contribution in [0.3, 0.4) is 0 Å². The van der Waals surface area contributed by atoms with Crippen molar-refractivity contribution in [2.24, 2.45) is 0 Å². The van der Waals surface area contributed by atoms with Gasteiger partial charge < -0.3 is 9.13 Å². The van der Waals surface area contributed by atoms with E-state index in [4.69, 9.17) is 0 Å². The van der Waals surface area contributed by atoms with E-state index >= 15 is 0 Å². The van der Waals surface area contributed by atoms with Crippen LogP contribution < -0.4 is 0 Å². The predicted molar refractivity (Wildman–Crippen MR) is 195 cm³/mol. The van der Waals surface area contributed by atoms with Gasteiger partial charge >= 0.3 is 0 Å². The van der Waals surface area contributed by atoms with Crippen LogP contribution in [0.25, 0.3) is 73.8 Å². The van der Waals surface area contributed by atoms with E-state index in [0.29, 0.717) is 0 Å². The van der Waals surface area contributed by atoms with Crippen LogP contribution >= 0.6 is 22.7 Å². The number of thiophene rings is 2. The monoisotopic (exact) mass is 632 g/mol. The van der Waals surface area contributed by atoms with Crippen molar-refractivity contribution in [2.45, 2.75) is 27.7 Å². The summed E-state index contributed by atoms with van der Waals surface area (Å²) >= 11 is 3.52. The third-order valence-electron chi connectivity index (χ3n) is 9.26. The van der Waals surface area contributed by atoms with Gasteiger partial charge in [0.05, 0.1) is 31.5 Å². The summed E-state index contributed by atoms with van der Waals surface area (Å²) in [5.74, 6) is 0.151. The van der Waals surface area contributed by atoms with Gasteiger partial charge in [-0.05, 0) is 76.2 Å². The van der Waals surface area contributed by atoms with Gasteiger partial charge in [-0.2, -0.15) is 0 Å². The maximum absolute atomic E-state index is 12.3. The number of aryl methyl sites for hydroxylation is 2. The molecule has 0 saturated carbocycles. The van der Waals surface area contributed by atoms with Crippen LogP contribution in [-0.2, 0) is 0 Å². The second-order valence-corrected chi connectivity index (χ2v) is 14.4. The summed E-state index contributed by atoms with van der Waals surface area (Å²) in [6.45, 7) is 7.48. The van der Waals surface area contributed by atoms with Gasteiger partial charge in [-0.1, -0.05) is 59.7 Å². The molecule has 0 spiro atoms. The molecule has 5 aromatic carbocycles. The van der Waals surface area contributed by atoms with Crippen LogP contribution in [0.2, 0.25) is 0 Å². The average Bonchev–Trinajstić information content (AvgIpc) is 3.77. The van der Waals surface area contributed by atoms with E-state index in [1.165, 1.54) is 42.3 Å². The van der Waals surface area contributed by atoms with Crippen molar-refractivity contribution in [2.75, 3.05) is 0 Å². The Balaban J connectivity index is 1.47. The van der Waals surface area contributed by atoms with Crippen LogP contribution in [0.15, 0.2) is 97.1 Å². The van der Waals surface area contributed by atoms with Gasteiger partial charge in [0.2, 0.25) is 0 Å². The molecule has 46 heavy (non-hydrogen) atoms. The van der Waals surface area contributed by atoms with Crippen LogP contribution in [0.5, 0.6) is 0 Å². The fourth-order valence-corrected chi connectivity index (χ4v) is 9.39. The van der Waals surface area contributed by atoms with E-state index in [1.807, 2.05) is 24.3 Å². The average molecular weight is 633 g/mol. The van der Waals surface area contributed by atoms with Gasteiger partial charge in [-0.3, -0.25) is 9.59 Å². The number of aromatic nitrogens is 2. The fourth-order valence-electron chi connectivity index (χ4n) is 6.89. The molecule has 4 nitrogen and oxygen atoms in total. The molecule has 0 amide bonds. The van der Waals surface area contributed by atoms with E-state index in [0.717, 1.165) is 53.7 Å². The summed E-state index contributed by atoms with van der Waals surface area (Å²) in [6.07, 6.45) is 0. The summed E-state index contributed by atoms with van der Waals surface area (Å²) < 4.78 is 9.44. The highest BCUT2D eigenvalue weighted by molar-refractivity contribution is 7.27. The number of fused-ring (bicyclic) bond motifs is 10. The van der Waals surface area contributed by atoms with Gasteiger partial charge in [0.25, 0.3) is 0 Å². The van der Waals surface area contributed by atoms with E-state index in [9.17, 15) is 9.59 Å². The van der Waals surface area contributed by atoms with E-state index in [-0.39, 0.29) is 11.6 Å². The van der Waals surface area contributed by atoms with Crippen molar-refractivity contribution < 1.29 is 9.59 Å². The minimum Gasteiger partial charge on any atom is -0.308 e.